The zero-order chi connectivity index (χ0) is 31.4. The van der Waals surface area contributed by atoms with Gasteiger partial charge in [-0.2, -0.15) is 0 Å². The number of hydrogen-bond acceptors (Lipinski definition) is 7. The highest BCUT2D eigenvalue weighted by molar-refractivity contribution is 5.89. The third-order valence-electron chi connectivity index (χ3n) is 9.04. The number of amides is 2. The number of H-pyrrole nitrogens is 2. The van der Waals surface area contributed by atoms with Crippen molar-refractivity contribution in [3.63, 3.8) is 0 Å². The van der Waals surface area contributed by atoms with Crippen molar-refractivity contribution in [3.8, 4) is 45.1 Å². The standard InChI is InChI=1S/C35H32N6O5/c1-19-8-27(41(15-19)34(42)32(40-35(43)44-2)20-6-4-3-5-7-20)33-37-14-26(39-33)22-10-24-17-45-28-11-21(25-13-36-18-38-25)9-23-16-46-29(12-22)31(24)30(23)28/h3-7,9-14,18-19,27,32H,8,15-17H2,1-2H3,(H,36,38)(H,37,39)(H,40,43)/t19-,27-,32+/m0/s1. The number of carbonyl (C=O) groups is 2. The average Bonchev–Trinajstić information content (AvgIpc) is 3.87. The van der Waals surface area contributed by atoms with Gasteiger partial charge in [0.2, 0.25) is 0 Å². The van der Waals surface area contributed by atoms with E-state index < -0.39 is 12.1 Å². The van der Waals surface area contributed by atoms with Crippen LogP contribution in [-0.4, -0.2) is 50.5 Å². The summed E-state index contributed by atoms with van der Waals surface area (Å²) in [5.74, 6) is 2.38. The maximum absolute atomic E-state index is 14.0. The lowest BCUT2D eigenvalue weighted by Gasteiger charge is -2.30. The van der Waals surface area contributed by atoms with Crippen molar-refractivity contribution in [3.05, 3.63) is 95.8 Å². The molecule has 1 saturated heterocycles. The highest BCUT2D eigenvalue weighted by Gasteiger charge is 2.40. The second kappa shape index (κ2) is 11.1. The Morgan fingerprint density at radius 3 is 2.33 bits per heavy atom. The van der Waals surface area contributed by atoms with Crippen molar-refractivity contribution >= 4 is 12.0 Å². The molecular weight excluding hydrogens is 584 g/mol. The summed E-state index contributed by atoms with van der Waals surface area (Å²) in [5.41, 5.74) is 8.62. The van der Waals surface area contributed by atoms with Crippen molar-refractivity contribution < 1.29 is 23.8 Å². The number of benzene rings is 3. The Morgan fingerprint density at radius 1 is 0.978 bits per heavy atom. The maximum Gasteiger partial charge on any atom is 0.407 e. The fourth-order valence-electron chi connectivity index (χ4n) is 6.88. The van der Waals surface area contributed by atoms with E-state index >= 15 is 0 Å². The first-order chi connectivity index (χ1) is 22.5. The Kier molecular flexibility index (Phi) is 6.74. The molecule has 3 atom stereocenters. The summed E-state index contributed by atoms with van der Waals surface area (Å²) in [6.45, 7) is 3.50. The SMILES string of the molecule is COC(=O)N[C@@H](C(=O)N1C[C@@H](C)C[C@H]1c1ncc(-c2cc3c4c(c2)OCc2cc(-c5cnc[nH]5)cc(c2-4)OC3)[nH]1)c1ccccc1. The van der Waals surface area contributed by atoms with Crippen LogP contribution in [0.3, 0.4) is 0 Å². The smallest absolute Gasteiger partial charge is 0.407 e. The molecule has 0 radical (unpaired) electrons. The van der Waals surface area contributed by atoms with Gasteiger partial charge in [-0.05, 0) is 42.2 Å². The Hall–Kier alpha value is -5.58. The van der Waals surface area contributed by atoms with E-state index in [1.807, 2.05) is 41.3 Å². The Morgan fingerprint density at radius 2 is 1.67 bits per heavy atom. The lowest BCUT2D eigenvalue weighted by atomic mass is 9.87. The molecule has 1 fully saturated rings. The van der Waals surface area contributed by atoms with Crippen molar-refractivity contribution in [2.24, 2.45) is 5.92 Å². The largest absolute Gasteiger partial charge is 0.488 e. The molecule has 232 valence electrons. The number of imidazole rings is 2. The van der Waals surface area contributed by atoms with Gasteiger partial charge in [0, 0.05) is 39.9 Å². The number of alkyl carbamates (subject to hydrolysis) is 1. The van der Waals surface area contributed by atoms with Crippen LogP contribution >= 0.6 is 0 Å². The van der Waals surface area contributed by atoms with Gasteiger partial charge in [0.05, 0.1) is 43.3 Å². The van der Waals surface area contributed by atoms with Crippen LogP contribution in [0.5, 0.6) is 11.5 Å². The number of hydrogen-bond donors (Lipinski definition) is 3. The van der Waals surface area contributed by atoms with Crippen LogP contribution in [0.2, 0.25) is 0 Å². The summed E-state index contributed by atoms with van der Waals surface area (Å²) < 4.78 is 17.4. The fourth-order valence-corrected chi connectivity index (χ4v) is 6.88. The highest BCUT2D eigenvalue weighted by Crippen LogP contribution is 2.50. The van der Waals surface area contributed by atoms with Gasteiger partial charge in [-0.15, -0.1) is 0 Å². The maximum atomic E-state index is 14.0. The molecule has 3 aliphatic rings. The first kappa shape index (κ1) is 27.9. The van der Waals surface area contributed by atoms with E-state index in [2.05, 4.69) is 45.4 Å². The van der Waals surface area contributed by atoms with Gasteiger partial charge in [-0.1, -0.05) is 37.3 Å². The molecular formula is C35H32N6O5. The normalized spacial score (nSPS) is 18.3. The van der Waals surface area contributed by atoms with Crippen LogP contribution in [-0.2, 0) is 22.7 Å². The number of rotatable bonds is 6. The minimum Gasteiger partial charge on any atom is -0.488 e. The molecule has 5 aromatic rings. The minimum absolute atomic E-state index is 0.210. The monoisotopic (exact) mass is 616 g/mol. The van der Waals surface area contributed by atoms with Crippen LogP contribution in [0.15, 0.2) is 73.3 Å². The van der Waals surface area contributed by atoms with Gasteiger partial charge in [0.1, 0.15) is 36.6 Å². The first-order valence-corrected chi connectivity index (χ1v) is 15.3. The summed E-state index contributed by atoms with van der Waals surface area (Å²) in [6, 6.07) is 16.4. The first-order valence-electron chi connectivity index (χ1n) is 15.3. The van der Waals surface area contributed by atoms with Crippen molar-refractivity contribution in [2.75, 3.05) is 13.7 Å². The van der Waals surface area contributed by atoms with E-state index in [1.54, 1.807) is 18.7 Å². The van der Waals surface area contributed by atoms with Gasteiger partial charge in [-0.25, -0.2) is 14.8 Å². The topological polar surface area (TPSA) is 134 Å². The fraction of sp³-hybridized carbons (Fsp3) is 0.257. The molecule has 8 rings (SSSR count). The third kappa shape index (κ3) is 4.75. The molecule has 11 heteroatoms. The Bertz CT molecular complexity index is 1900. The van der Waals surface area contributed by atoms with E-state index in [0.29, 0.717) is 31.1 Å². The molecule has 2 aromatic heterocycles. The molecule has 11 nitrogen and oxygen atoms in total. The van der Waals surface area contributed by atoms with Gasteiger partial charge < -0.3 is 34.4 Å². The average molecular weight is 617 g/mol. The predicted octanol–water partition coefficient (Wildman–Crippen LogP) is 5.93. The number of nitrogens with one attached hydrogen (secondary N) is 3. The molecule has 0 spiro atoms. The Labute approximate surface area is 264 Å². The van der Waals surface area contributed by atoms with E-state index in [-0.39, 0.29) is 17.9 Å². The minimum atomic E-state index is -0.884. The lowest BCUT2D eigenvalue weighted by molar-refractivity contribution is -0.134. The van der Waals surface area contributed by atoms with Crippen molar-refractivity contribution in [2.45, 2.75) is 38.6 Å². The van der Waals surface area contributed by atoms with Crippen LogP contribution in [0, 0.1) is 5.92 Å². The van der Waals surface area contributed by atoms with Gasteiger partial charge in [-0.3, -0.25) is 4.79 Å². The Balaban J connectivity index is 1.10. The van der Waals surface area contributed by atoms with Crippen molar-refractivity contribution in [1.29, 1.82) is 0 Å². The van der Waals surface area contributed by atoms with Crippen molar-refractivity contribution in [1.82, 2.24) is 30.2 Å². The van der Waals surface area contributed by atoms with Gasteiger partial charge in [0.25, 0.3) is 5.91 Å². The number of aromatic amines is 2. The number of ether oxygens (including phenoxy) is 3. The molecule has 3 aliphatic heterocycles. The number of aromatic nitrogens is 4. The van der Waals surface area contributed by atoms with Gasteiger partial charge in [0.15, 0.2) is 0 Å². The predicted molar refractivity (Wildman–Crippen MR) is 169 cm³/mol. The molecule has 0 saturated carbocycles. The van der Waals surface area contributed by atoms with Crippen LogP contribution in [0.25, 0.3) is 33.6 Å². The molecule has 3 N–H and O–H groups in total. The number of methoxy groups -OCH3 is 1. The summed E-state index contributed by atoms with van der Waals surface area (Å²) in [7, 11) is 1.29. The van der Waals surface area contributed by atoms with Crippen LogP contribution in [0.1, 0.15) is 47.9 Å². The quantitative estimate of drug-likeness (QED) is 0.215. The van der Waals surface area contributed by atoms with Crippen LogP contribution < -0.4 is 14.8 Å². The lowest BCUT2D eigenvalue weighted by Crippen LogP contribution is -2.43. The summed E-state index contributed by atoms with van der Waals surface area (Å²) >= 11 is 0. The molecule has 0 unspecified atom stereocenters. The summed E-state index contributed by atoms with van der Waals surface area (Å²) in [6.07, 6.45) is 5.35. The number of carbonyl (C=O) groups excluding carboxylic acids is 2. The van der Waals surface area contributed by atoms with E-state index in [9.17, 15) is 9.59 Å². The third-order valence-corrected chi connectivity index (χ3v) is 9.04. The summed E-state index contributed by atoms with van der Waals surface area (Å²) in [5, 5.41) is 2.73. The van der Waals surface area contributed by atoms with Crippen LogP contribution in [0.4, 0.5) is 4.79 Å². The molecule has 3 aromatic carbocycles. The number of nitrogens with zero attached hydrogens (tertiary/aromatic N) is 3. The molecule has 0 bridgehead atoms. The zero-order valence-corrected chi connectivity index (χ0v) is 25.4. The second-order valence-corrected chi connectivity index (χ2v) is 12.1. The number of likely N-dealkylation sites (tertiary alicyclic amines) is 1. The molecule has 0 aliphatic carbocycles. The zero-order valence-electron chi connectivity index (χ0n) is 25.4. The summed E-state index contributed by atoms with van der Waals surface area (Å²) in [4.78, 5) is 43.6. The molecule has 2 amide bonds. The molecule has 5 heterocycles. The van der Waals surface area contributed by atoms with E-state index in [0.717, 1.165) is 62.7 Å². The van der Waals surface area contributed by atoms with Gasteiger partial charge >= 0.3 is 6.09 Å². The van der Waals surface area contributed by atoms with E-state index in [1.165, 1.54) is 7.11 Å². The molecule has 46 heavy (non-hydrogen) atoms. The highest BCUT2D eigenvalue weighted by atomic mass is 16.5. The second-order valence-electron chi connectivity index (χ2n) is 12.1. The van der Waals surface area contributed by atoms with E-state index in [4.69, 9.17) is 19.2 Å².